The van der Waals surface area contributed by atoms with Crippen molar-refractivity contribution in [2.24, 2.45) is 0 Å². The van der Waals surface area contributed by atoms with Crippen LogP contribution in [0.1, 0.15) is 16.1 Å². The van der Waals surface area contributed by atoms with Crippen LogP contribution in [0.15, 0.2) is 36.0 Å². The van der Waals surface area contributed by atoms with Crippen LogP contribution < -0.4 is 5.73 Å². The Labute approximate surface area is 118 Å². The smallest absolute Gasteiger partial charge is 0.193 e. The predicted molar refractivity (Wildman–Crippen MR) is 77.0 cm³/mol. The topological polar surface area (TPSA) is 60.4 Å². The van der Waals surface area contributed by atoms with Crippen LogP contribution >= 0.6 is 22.9 Å². The van der Waals surface area contributed by atoms with Gasteiger partial charge in [-0.1, -0.05) is 11.6 Å². The summed E-state index contributed by atoms with van der Waals surface area (Å²) in [6, 6.07) is 4.90. The molecule has 0 bridgehead atoms. The fourth-order valence-corrected chi connectivity index (χ4v) is 2.81. The van der Waals surface area contributed by atoms with Crippen molar-refractivity contribution in [2.45, 2.75) is 6.42 Å². The molecule has 0 fully saturated rings. The van der Waals surface area contributed by atoms with Crippen LogP contribution in [0.5, 0.6) is 0 Å². The van der Waals surface area contributed by atoms with Crippen LogP contribution in [0.4, 0.5) is 5.69 Å². The van der Waals surface area contributed by atoms with Crippen molar-refractivity contribution in [1.82, 2.24) is 9.38 Å². The molecule has 4 nitrogen and oxygen atoms in total. The second-order valence-electron chi connectivity index (χ2n) is 4.16. The monoisotopic (exact) mass is 291 g/mol. The summed E-state index contributed by atoms with van der Waals surface area (Å²) >= 11 is 7.35. The maximum absolute atomic E-state index is 12.2. The summed E-state index contributed by atoms with van der Waals surface area (Å²) in [6.45, 7) is 0. The SMILES string of the molecule is Nc1cc(Cl)ccc1C(=O)Cc1cn2ccsc2n1. The average molecular weight is 292 g/mol. The summed E-state index contributed by atoms with van der Waals surface area (Å²) in [4.78, 5) is 17.4. The van der Waals surface area contributed by atoms with Crippen molar-refractivity contribution in [2.75, 3.05) is 5.73 Å². The lowest BCUT2D eigenvalue weighted by molar-refractivity contribution is 0.0993. The Kier molecular flexibility index (Phi) is 3.00. The fraction of sp³-hybridized carbons (Fsp3) is 0.0769. The van der Waals surface area contributed by atoms with Crippen LogP contribution in [0.25, 0.3) is 4.96 Å². The molecule has 3 rings (SSSR count). The highest BCUT2D eigenvalue weighted by Crippen LogP contribution is 2.20. The molecule has 0 saturated heterocycles. The lowest BCUT2D eigenvalue weighted by atomic mass is 10.1. The molecule has 0 radical (unpaired) electrons. The van der Waals surface area contributed by atoms with E-state index < -0.39 is 0 Å². The lowest BCUT2D eigenvalue weighted by Gasteiger charge is -2.03. The van der Waals surface area contributed by atoms with Crippen molar-refractivity contribution >= 4 is 39.4 Å². The van der Waals surface area contributed by atoms with Crippen LogP contribution in [-0.4, -0.2) is 15.2 Å². The maximum atomic E-state index is 12.2. The number of carbonyl (C=O) groups excluding carboxylic acids is 1. The van der Waals surface area contributed by atoms with E-state index in [4.69, 9.17) is 17.3 Å². The van der Waals surface area contributed by atoms with Gasteiger partial charge in [-0.15, -0.1) is 11.3 Å². The third kappa shape index (κ3) is 2.34. The van der Waals surface area contributed by atoms with E-state index in [1.165, 1.54) is 11.3 Å². The molecular weight excluding hydrogens is 282 g/mol. The lowest BCUT2D eigenvalue weighted by Crippen LogP contribution is -2.07. The Morgan fingerprint density at radius 3 is 3.05 bits per heavy atom. The van der Waals surface area contributed by atoms with Gasteiger partial charge >= 0.3 is 0 Å². The third-order valence-electron chi connectivity index (χ3n) is 2.80. The third-order valence-corrected chi connectivity index (χ3v) is 3.80. The molecular formula is C13H10ClN3OS. The first-order valence-electron chi connectivity index (χ1n) is 5.63. The van der Waals surface area contributed by atoms with Crippen molar-refractivity contribution in [3.63, 3.8) is 0 Å². The number of rotatable bonds is 3. The Hall–Kier alpha value is -1.85. The number of imidazole rings is 1. The number of nitrogens with zero attached hydrogens (tertiary/aromatic N) is 2. The number of halogens is 1. The minimum atomic E-state index is -0.0556. The summed E-state index contributed by atoms with van der Waals surface area (Å²) in [5, 5.41) is 2.47. The number of ketones is 1. The summed E-state index contributed by atoms with van der Waals surface area (Å²) in [5.41, 5.74) is 7.43. The van der Waals surface area contributed by atoms with Crippen LogP contribution in [0.3, 0.4) is 0 Å². The number of nitrogen functional groups attached to an aromatic ring is 1. The summed E-state index contributed by atoms with van der Waals surface area (Å²) in [6.07, 6.45) is 4.01. The second kappa shape index (κ2) is 4.68. The first kappa shape index (κ1) is 12.2. The standard InChI is InChI=1S/C13H10ClN3OS/c14-8-1-2-10(11(15)5-8)12(18)6-9-7-17-3-4-19-13(17)16-9/h1-5,7H,6,15H2. The van der Waals surface area contributed by atoms with Gasteiger partial charge < -0.3 is 5.73 Å². The van der Waals surface area contributed by atoms with E-state index in [0.29, 0.717) is 16.3 Å². The van der Waals surface area contributed by atoms with Gasteiger partial charge in [-0.05, 0) is 18.2 Å². The Morgan fingerprint density at radius 2 is 2.32 bits per heavy atom. The van der Waals surface area contributed by atoms with E-state index in [9.17, 15) is 4.79 Å². The van der Waals surface area contributed by atoms with Crippen molar-refractivity contribution < 1.29 is 4.79 Å². The van der Waals surface area contributed by atoms with E-state index in [0.717, 1.165) is 10.7 Å². The Bertz CT molecular complexity index is 734. The van der Waals surface area contributed by atoms with Gasteiger partial charge in [0.25, 0.3) is 0 Å². The van der Waals surface area contributed by atoms with Gasteiger partial charge in [0.1, 0.15) is 0 Å². The first-order valence-corrected chi connectivity index (χ1v) is 6.88. The zero-order valence-corrected chi connectivity index (χ0v) is 11.4. The molecule has 0 atom stereocenters. The highest BCUT2D eigenvalue weighted by Gasteiger charge is 2.13. The van der Waals surface area contributed by atoms with Crippen molar-refractivity contribution in [3.05, 3.63) is 52.3 Å². The Morgan fingerprint density at radius 1 is 1.47 bits per heavy atom. The number of anilines is 1. The normalized spacial score (nSPS) is 11.0. The molecule has 0 aliphatic heterocycles. The molecule has 0 saturated carbocycles. The Balaban J connectivity index is 1.86. The molecule has 2 N–H and O–H groups in total. The molecule has 0 amide bonds. The quantitative estimate of drug-likeness (QED) is 0.596. The van der Waals surface area contributed by atoms with Gasteiger partial charge in [-0.2, -0.15) is 0 Å². The van der Waals surface area contributed by atoms with Crippen LogP contribution in [0.2, 0.25) is 5.02 Å². The molecule has 1 aromatic carbocycles. The molecule has 96 valence electrons. The largest absolute Gasteiger partial charge is 0.398 e. The summed E-state index contributed by atoms with van der Waals surface area (Å²) in [5.74, 6) is -0.0556. The number of benzene rings is 1. The van der Waals surface area contributed by atoms with Gasteiger partial charge in [0, 0.05) is 34.0 Å². The highest BCUT2D eigenvalue weighted by molar-refractivity contribution is 7.15. The minimum absolute atomic E-state index is 0.0556. The first-order chi connectivity index (χ1) is 9.13. The number of nitrogens with two attached hydrogens (primary N) is 1. The molecule has 3 aromatic rings. The average Bonchev–Trinajstić information content (AvgIpc) is 2.89. The number of fused-ring (bicyclic) bond motifs is 1. The number of thiazole rings is 1. The molecule has 0 aliphatic rings. The van der Waals surface area contributed by atoms with Gasteiger partial charge in [-0.25, -0.2) is 4.98 Å². The van der Waals surface area contributed by atoms with Gasteiger partial charge in [0.15, 0.2) is 10.7 Å². The molecule has 19 heavy (non-hydrogen) atoms. The number of carbonyl (C=O) groups is 1. The second-order valence-corrected chi connectivity index (χ2v) is 5.47. The number of aromatic nitrogens is 2. The number of hydrogen-bond donors (Lipinski definition) is 1. The predicted octanol–water partition coefficient (Wildman–Crippen LogP) is 3.06. The molecule has 6 heteroatoms. The van der Waals surface area contributed by atoms with E-state index in [1.54, 1.807) is 18.2 Å². The highest BCUT2D eigenvalue weighted by atomic mass is 35.5. The van der Waals surface area contributed by atoms with Crippen molar-refractivity contribution in [1.29, 1.82) is 0 Å². The zero-order valence-electron chi connectivity index (χ0n) is 9.84. The van der Waals surface area contributed by atoms with Gasteiger partial charge in [0.2, 0.25) is 0 Å². The van der Waals surface area contributed by atoms with Crippen LogP contribution in [0, 0.1) is 0 Å². The minimum Gasteiger partial charge on any atom is -0.398 e. The summed E-state index contributed by atoms with van der Waals surface area (Å²) < 4.78 is 1.90. The molecule has 0 spiro atoms. The van der Waals surface area contributed by atoms with Gasteiger partial charge in [0.05, 0.1) is 12.1 Å². The fourth-order valence-electron chi connectivity index (χ4n) is 1.91. The van der Waals surface area contributed by atoms with E-state index in [2.05, 4.69) is 4.98 Å². The zero-order chi connectivity index (χ0) is 13.4. The molecule has 2 heterocycles. The van der Waals surface area contributed by atoms with Crippen LogP contribution in [-0.2, 0) is 6.42 Å². The number of hydrogen-bond acceptors (Lipinski definition) is 4. The van der Waals surface area contributed by atoms with E-state index >= 15 is 0 Å². The molecule has 0 unspecified atom stereocenters. The summed E-state index contributed by atoms with van der Waals surface area (Å²) in [7, 11) is 0. The van der Waals surface area contributed by atoms with E-state index in [-0.39, 0.29) is 12.2 Å². The molecule has 0 aliphatic carbocycles. The number of Topliss-reactive ketones (excluding diaryl/α,β-unsaturated/α-hetero) is 1. The van der Waals surface area contributed by atoms with Gasteiger partial charge in [-0.3, -0.25) is 9.20 Å². The van der Waals surface area contributed by atoms with E-state index in [1.807, 2.05) is 22.2 Å². The maximum Gasteiger partial charge on any atom is 0.193 e. The molecule has 2 aromatic heterocycles. The van der Waals surface area contributed by atoms with Crippen molar-refractivity contribution in [3.8, 4) is 0 Å².